The lowest BCUT2D eigenvalue weighted by Gasteiger charge is -2.62. The molecule has 0 amide bonds. The fourth-order valence-corrected chi connectivity index (χ4v) is 6.92. The number of ether oxygens (including phenoxy) is 1. The van der Waals surface area contributed by atoms with Crippen molar-refractivity contribution < 1.29 is 14.4 Å². The highest BCUT2D eigenvalue weighted by Gasteiger charge is 2.73. The summed E-state index contributed by atoms with van der Waals surface area (Å²) >= 11 is 0. The van der Waals surface area contributed by atoms with Crippen LogP contribution in [0.15, 0.2) is 46.0 Å². The Balaban J connectivity index is 1.31. The Morgan fingerprint density at radius 3 is 2.78 bits per heavy atom. The number of hydrogen-bond acceptors (Lipinski definition) is 7. The van der Waals surface area contributed by atoms with E-state index in [1.165, 1.54) is 32.8 Å². The lowest BCUT2D eigenvalue weighted by atomic mass is 9.42. The minimum atomic E-state index is -0.723. The van der Waals surface area contributed by atoms with E-state index >= 15 is 0 Å². The molecule has 5 aliphatic rings. The van der Waals surface area contributed by atoms with Gasteiger partial charge in [0.05, 0.1) is 17.6 Å². The first-order valence-corrected chi connectivity index (χ1v) is 13.3. The van der Waals surface area contributed by atoms with E-state index in [2.05, 4.69) is 28.2 Å². The van der Waals surface area contributed by atoms with Crippen LogP contribution in [0.4, 0.5) is 0 Å². The standard InChI is InChI=1S/C28H34N4O4/c1-4-36-27(34)25(30-35-3)24-26(33)32(23-10-6-5-9-22(23)29-24)17(2)14-18-8-7-13-31(18)16-19-20-15-21(19)28(20)11-12-28/h5-6,9-10,16-18,20-21H,4,7-8,11-15H2,1-3H3/b19-16?,30-25-/t17-,18-,20?,21?/m0/s1. The van der Waals surface area contributed by atoms with Gasteiger partial charge in [0, 0.05) is 18.6 Å². The van der Waals surface area contributed by atoms with Crippen molar-refractivity contribution in [1.82, 2.24) is 14.5 Å². The molecular weight excluding hydrogens is 456 g/mol. The number of oxime groups is 1. The van der Waals surface area contributed by atoms with Gasteiger partial charge in [-0.2, -0.15) is 0 Å². The SMILES string of the molecule is CCOC(=O)/C(=N\OC)c1nc2ccccc2n([C@@H](C)C[C@@H]2CCCN2C=C2C3CC2C32CC2)c1=O. The molecule has 0 N–H and O–H groups in total. The van der Waals surface area contributed by atoms with E-state index in [0.29, 0.717) is 17.0 Å². The highest BCUT2D eigenvalue weighted by molar-refractivity contribution is 6.42. The van der Waals surface area contributed by atoms with Crippen LogP contribution in [0.1, 0.15) is 64.1 Å². The largest absolute Gasteiger partial charge is 0.461 e. The van der Waals surface area contributed by atoms with Gasteiger partial charge >= 0.3 is 5.97 Å². The normalized spacial score (nSPS) is 26.4. The molecule has 5 fully saturated rings. The van der Waals surface area contributed by atoms with Crippen LogP contribution in [0.2, 0.25) is 0 Å². The van der Waals surface area contributed by atoms with Crippen LogP contribution in [-0.4, -0.2) is 52.4 Å². The van der Waals surface area contributed by atoms with E-state index in [4.69, 9.17) is 9.57 Å². The molecule has 4 saturated carbocycles. The number of rotatable bonds is 8. The molecule has 2 bridgehead atoms. The molecule has 2 heterocycles. The van der Waals surface area contributed by atoms with E-state index in [0.717, 1.165) is 36.7 Å². The number of benzene rings is 1. The van der Waals surface area contributed by atoms with E-state index in [9.17, 15) is 9.59 Å². The van der Waals surface area contributed by atoms with Gasteiger partial charge in [-0.15, -0.1) is 0 Å². The van der Waals surface area contributed by atoms with E-state index in [1.54, 1.807) is 17.1 Å². The minimum absolute atomic E-state index is 0.0458. The molecule has 1 aliphatic heterocycles. The third-order valence-electron chi connectivity index (χ3n) is 8.95. The lowest BCUT2D eigenvalue weighted by molar-refractivity contribution is -0.135. The molecule has 1 saturated heterocycles. The van der Waals surface area contributed by atoms with Crippen LogP contribution < -0.4 is 5.56 Å². The third kappa shape index (κ3) is 3.48. The first-order chi connectivity index (χ1) is 17.5. The number of nitrogens with zero attached hydrogens (tertiary/aromatic N) is 4. The summed E-state index contributed by atoms with van der Waals surface area (Å²) in [5.41, 5.74) is 3.16. The topological polar surface area (TPSA) is 86.0 Å². The number of fused-ring (bicyclic) bond motifs is 1. The van der Waals surface area contributed by atoms with Crippen molar-refractivity contribution >= 4 is 22.7 Å². The molecule has 8 nitrogen and oxygen atoms in total. The molecule has 190 valence electrons. The van der Waals surface area contributed by atoms with Crippen molar-refractivity contribution in [3.05, 3.63) is 52.1 Å². The van der Waals surface area contributed by atoms with Crippen molar-refractivity contribution in [3.8, 4) is 0 Å². The summed E-state index contributed by atoms with van der Waals surface area (Å²) in [6.07, 6.45) is 9.86. The highest BCUT2D eigenvalue weighted by atomic mass is 16.6. The molecule has 0 radical (unpaired) electrons. The molecule has 2 aromatic rings. The van der Waals surface area contributed by atoms with Gasteiger partial charge in [-0.25, -0.2) is 9.78 Å². The zero-order valence-electron chi connectivity index (χ0n) is 21.3. The molecule has 36 heavy (non-hydrogen) atoms. The molecule has 4 atom stereocenters. The number of likely N-dealkylation sites (tertiary alicyclic amines) is 1. The van der Waals surface area contributed by atoms with Crippen LogP contribution in [0, 0.1) is 17.3 Å². The molecule has 2 unspecified atom stereocenters. The molecule has 1 aromatic heterocycles. The number of para-hydroxylation sites is 2. The fourth-order valence-electron chi connectivity index (χ4n) is 6.92. The van der Waals surface area contributed by atoms with Crippen LogP contribution in [0.3, 0.4) is 0 Å². The van der Waals surface area contributed by atoms with Crippen molar-refractivity contribution in [2.75, 3.05) is 20.3 Å². The average Bonchev–Trinajstić information content (AvgIpc) is 3.58. The lowest BCUT2D eigenvalue weighted by Crippen LogP contribution is -2.55. The Morgan fingerprint density at radius 2 is 2.08 bits per heavy atom. The summed E-state index contributed by atoms with van der Waals surface area (Å²) < 4.78 is 6.90. The van der Waals surface area contributed by atoms with Gasteiger partial charge in [0.15, 0.2) is 5.69 Å². The summed E-state index contributed by atoms with van der Waals surface area (Å²) in [4.78, 5) is 38.3. The molecule has 4 aliphatic carbocycles. The smallest absolute Gasteiger partial charge is 0.362 e. The number of carbonyl (C=O) groups excluding carboxylic acids is 1. The zero-order chi connectivity index (χ0) is 25.0. The third-order valence-corrected chi connectivity index (χ3v) is 8.95. The van der Waals surface area contributed by atoms with Crippen molar-refractivity contribution in [2.24, 2.45) is 22.4 Å². The number of esters is 1. The Bertz CT molecular complexity index is 1310. The van der Waals surface area contributed by atoms with E-state index in [-0.39, 0.29) is 29.6 Å². The zero-order valence-corrected chi connectivity index (χ0v) is 21.3. The second-order valence-corrected chi connectivity index (χ2v) is 10.8. The van der Waals surface area contributed by atoms with Gasteiger partial charge in [0.25, 0.3) is 5.56 Å². The summed E-state index contributed by atoms with van der Waals surface area (Å²) in [6, 6.07) is 7.83. The minimum Gasteiger partial charge on any atom is -0.461 e. The Kier molecular flexibility index (Phi) is 5.65. The molecular formula is C28H34N4O4. The summed E-state index contributed by atoms with van der Waals surface area (Å²) in [6.45, 7) is 5.03. The van der Waals surface area contributed by atoms with Crippen LogP contribution in [-0.2, 0) is 14.4 Å². The predicted octanol–water partition coefficient (Wildman–Crippen LogP) is 4.04. The van der Waals surface area contributed by atoms with Crippen LogP contribution in [0.25, 0.3) is 11.0 Å². The molecule has 7 rings (SSSR count). The summed E-state index contributed by atoms with van der Waals surface area (Å²) in [5.74, 6) is 0.966. The second kappa shape index (κ2) is 8.75. The molecule has 1 spiro atoms. The maximum absolute atomic E-state index is 13.8. The second-order valence-electron chi connectivity index (χ2n) is 10.8. The van der Waals surface area contributed by atoms with Crippen LogP contribution in [0.5, 0.6) is 0 Å². The van der Waals surface area contributed by atoms with Gasteiger partial charge in [-0.05, 0) is 93.5 Å². The first-order valence-electron chi connectivity index (χ1n) is 13.3. The summed E-state index contributed by atoms with van der Waals surface area (Å²) in [5, 5.41) is 3.82. The molecule has 8 heteroatoms. The van der Waals surface area contributed by atoms with Gasteiger partial charge < -0.3 is 19.0 Å². The maximum Gasteiger partial charge on any atom is 0.362 e. The van der Waals surface area contributed by atoms with Gasteiger partial charge in [0.2, 0.25) is 5.71 Å². The number of carbonyl (C=O) groups is 1. The van der Waals surface area contributed by atoms with Crippen molar-refractivity contribution in [1.29, 1.82) is 0 Å². The Morgan fingerprint density at radius 1 is 1.31 bits per heavy atom. The van der Waals surface area contributed by atoms with Crippen molar-refractivity contribution in [2.45, 2.75) is 64.5 Å². The van der Waals surface area contributed by atoms with Gasteiger partial charge in [-0.1, -0.05) is 17.3 Å². The van der Waals surface area contributed by atoms with E-state index in [1.807, 2.05) is 24.3 Å². The van der Waals surface area contributed by atoms with Gasteiger partial charge in [0.1, 0.15) is 7.11 Å². The highest BCUT2D eigenvalue weighted by Crippen LogP contribution is 2.82. The quantitative estimate of drug-likeness (QED) is 0.315. The average molecular weight is 491 g/mol. The van der Waals surface area contributed by atoms with Crippen LogP contribution >= 0.6 is 0 Å². The first kappa shape index (κ1) is 23.3. The molecule has 1 aromatic carbocycles. The Hall–Kier alpha value is -3.16. The van der Waals surface area contributed by atoms with E-state index < -0.39 is 5.97 Å². The van der Waals surface area contributed by atoms with Crippen molar-refractivity contribution in [3.63, 3.8) is 0 Å². The maximum atomic E-state index is 13.8. The summed E-state index contributed by atoms with van der Waals surface area (Å²) in [7, 11) is 1.34. The fraction of sp³-hybridized carbons (Fsp3) is 0.571. The Labute approximate surface area is 211 Å². The number of aromatic nitrogens is 2. The predicted molar refractivity (Wildman–Crippen MR) is 137 cm³/mol. The van der Waals surface area contributed by atoms with Gasteiger partial charge in [-0.3, -0.25) is 4.79 Å². The number of hydrogen-bond donors (Lipinski definition) is 0. The monoisotopic (exact) mass is 490 g/mol. The number of allylic oxidation sites excluding steroid dienone is 1.